The highest BCUT2D eigenvalue weighted by atomic mass is 32.2. The molecule has 20 heavy (non-hydrogen) atoms. The van der Waals surface area contributed by atoms with Gasteiger partial charge in [0, 0.05) is 23.4 Å². The fourth-order valence-electron chi connectivity index (χ4n) is 2.29. The summed E-state index contributed by atoms with van der Waals surface area (Å²) in [6, 6.07) is 5.44. The average Bonchev–Trinajstić information content (AvgIpc) is 2.48. The molecule has 1 aromatic carbocycles. The lowest BCUT2D eigenvalue weighted by atomic mass is 10.1. The summed E-state index contributed by atoms with van der Waals surface area (Å²) >= 11 is 1.51. The zero-order valence-electron chi connectivity index (χ0n) is 11.8. The summed E-state index contributed by atoms with van der Waals surface area (Å²) in [4.78, 5) is 26.7. The molecule has 1 aliphatic rings. The smallest absolute Gasteiger partial charge is 0.240 e. The van der Waals surface area contributed by atoms with Crippen LogP contribution in [-0.2, 0) is 4.79 Å². The third-order valence-electron chi connectivity index (χ3n) is 3.40. The SMILES string of the molecule is CCC(=O)c1ccc2c(c1)SC(CC)C(=O)N2CCO. The molecule has 0 aromatic heterocycles. The summed E-state index contributed by atoms with van der Waals surface area (Å²) in [5.41, 5.74) is 1.48. The highest BCUT2D eigenvalue weighted by Crippen LogP contribution is 2.40. The maximum absolute atomic E-state index is 12.3. The zero-order valence-corrected chi connectivity index (χ0v) is 12.6. The van der Waals surface area contributed by atoms with Crippen molar-refractivity contribution in [3.05, 3.63) is 23.8 Å². The molecule has 1 N–H and O–H groups in total. The Bertz CT molecular complexity index is 530. The van der Waals surface area contributed by atoms with Crippen LogP contribution in [-0.4, -0.2) is 35.2 Å². The molecule has 0 saturated heterocycles. The number of nitrogens with zero attached hydrogens (tertiary/aromatic N) is 1. The Kier molecular flexibility index (Phi) is 4.83. The highest BCUT2D eigenvalue weighted by Gasteiger charge is 2.32. The van der Waals surface area contributed by atoms with E-state index in [1.807, 2.05) is 26.0 Å². The Morgan fingerprint density at radius 2 is 2.15 bits per heavy atom. The van der Waals surface area contributed by atoms with Crippen LogP contribution in [0.25, 0.3) is 0 Å². The van der Waals surface area contributed by atoms with E-state index in [-0.39, 0.29) is 23.5 Å². The summed E-state index contributed by atoms with van der Waals surface area (Å²) in [5, 5.41) is 9.01. The second-order valence-corrected chi connectivity index (χ2v) is 5.93. The van der Waals surface area contributed by atoms with Crippen molar-refractivity contribution in [2.45, 2.75) is 36.8 Å². The van der Waals surface area contributed by atoms with E-state index in [0.29, 0.717) is 18.5 Å². The minimum Gasteiger partial charge on any atom is -0.395 e. The standard InChI is InChI=1S/C15H19NO3S/c1-3-12(18)10-5-6-11-14(9-10)20-13(4-2)15(19)16(11)7-8-17/h5-6,9,13,17H,3-4,7-8H2,1-2H3. The van der Waals surface area contributed by atoms with Gasteiger partial charge in [-0.15, -0.1) is 11.8 Å². The van der Waals surface area contributed by atoms with Crippen LogP contribution >= 0.6 is 11.8 Å². The van der Waals surface area contributed by atoms with Gasteiger partial charge in [0.15, 0.2) is 5.78 Å². The average molecular weight is 293 g/mol. The number of rotatable bonds is 5. The van der Waals surface area contributed by atoms with Gasteiger partial charge in [-0.1, -0.05) is 13.8 Å². The molecule has 1 atom stereocenters. The fraction of sp³-hybridized carbons (Fsp3) is 0.467. The van der Waals surface area contributed by atoms with Gasteiger partial charge in [-0.2, -0.15) is 0 Å². The third-order valence-corrected chi connectivity index (χ3v) is 4.80. The van der Waals surface area contributed by atoms with E-state index in [9.17, 15) is 9.59 Å². The number of hydrogen-bond acceptors (Lipinski definition) is 4. The molecule has 5 heteroatoms. The van der Waals surface area contributed by atoms with Gasteiger partial charge in [-0.3, -0.25) is 9.59 Å². The van der Waals surface area contributed by atoms with Crippen LogP contribution in [0.15, 0.2) is 23.1 Å². The topological polar surface area (TPSA) is 57.6 Å². The van der Waals surface area contributed by atoms with Gasteiger partial charge < -0.3 is 10.0 Å². The van der Waals surface area contributed by atoms with E-state index in [1.165, 1.54) is 11.8 Å². The van der Waals surface area contributed by atoms with Crippen LogP contribution in [0, 0.1) is 0 Å². The molecular weight excluding hydrogens is 274 g/mol. The van der Waals surface area contributed by atoms with E-state index < -0.39 is 0 Å². The van der Waals surface area contributed by atoms with Gasteiger partial charge in [0.25, 0.3) is 0 Å². The van der Waals surface area contributed by atoms with Gasteiger partial charge in [-0.05, 0) is 24.6 Å². The van der Waals surface area contributed by atoms with E-state index in [0.717, 1.165) is 17.0 Å². The number of fused-ring (bicyclic) bond motifs is 1. The number of β-amino-alcohol motifs (C(OH)–C–C–N with tert-alkyl or cyclic N) is 1. The molecule has 1 amide bonds. The second kappa shape index (κ2) is 6.41. The highest BCUT2D eigenvalue weighted by molar-refractivity contribution is 8.01. The summed E-state index contributed by atoms with van der Waals surface area (Å²) in [5.74, 6) is 0.140. The summed E-state index contributed by atoms with van der Waals surface area (Å²) in [7, 11) is 0. The number of aliphatic hydroxyl groups excluding tert-OH is 1. The first kappa shape index (κ1) is 15.1. The van der Waals surface area contributed by atoms with Crippen LogP contribution in [0.1, 0.15) is 37.0 Å². The number of amides is 1. The molecule has 1 aliphatic heterocycles. The van der Waals surface area contributed by atoms with Crippen molar-refractivity contribution in [2.24, 2.45) is 0 Å². The molecule has 0 radical (unpaired) electrons. The van der Waals surface area contributed by atoms with Crippen molar-refractivity contribution < 1.29 is 14.7 Å². The van der Waals surface area contributed by atoms with Crippen LogP contribution in [0.3, 0.4) is 0 Å². The molecule has 4 nitrogen and oxygen atoms in total. The normalized spacial score (nSPS) is 18.1. The Morgan fingerprint density at radius 3 is 2.75 bits per heavy atom. The Balaban J connectivity index is 2.42. The van der Waals surface area contributed by atoms with Crippen molar-refractivity contribution in [3.8, 4) is 0 Å². The number of hydrogen-bond donors (Lipinski definition) is 1. The molecule has 1 unspecified atom stereocenters. The Labute approximate surface area is 123 Å². The molecule has 0 bridgehead atoms. The largest absolute Gasteiger partial charge is 0.395 e. The fourth-order valence-corrected chi connectivity index (χ4v) is 3.49. The maximum Gasteiger partial charge on any atom is 0.240 e. The number of anilines is 1. The molecule has 0 spiro atoms. The molecular formula is C15H19NO3S. The van der Waals surface area contributed by atoms with E-state index in [4.69, 9.17) is 5.11 Å². The van der Waals surface area contributed by atoms with Crippen LogP contribution in [0.5, 0.6) is 0 Å². The van der Waals surface area contributed by atoms with Crippen molar-refractivity contribution >= 4 is 29.1 Å². The van der Waals surface area contributed by atoms with Gasteiger partial charge in [0.05, 0.1) is 17.5 Å². The summed E-state index contributed by atoms with van der Waals surface area (Å²) in [6.07, 6.45) is 1.21. The zero-order chi connectivity index (χ0) is 14.7. The van der Waals surface area contributed by atoms with E-state index in [2.05, 4.69) is 0 Å². The lowest BCUT2D eigenvalue weighted by molar-refractivity contribution is -0.118. The van der Waals surface area contributed by atoms with E-state index >= 15 is 0 Å². The number of Topliss-reactive ketones (excluding diaryl/α,β-unsaturated/α-hetero) is 1. The lowest BCUT2D eigenvalue weighted by Crippen LogP contribution is -2.42. The first-order valence-corrected chi connectivity index (χ1v) is 7.76. The predicted molar refractivity (Wildman–Crippen MR) is 80.4 cm³/mol. The molecule has 0 saturated carbocycles. The van der Waals surface area contributed by atoms with Crippen LogP contribution in [0.2, 0.25) is 0 Å². The first-order chi connectivity index (χ1) is 9.62. The number of carbonyl (C=O) groups excluding carboxylic acids is 2. The van der Waals surface area contributed by atoms with E-state index in [1.54, 1.807) is 11.0 Å². The monoisotopic (exact) mass is 293 g/mol. The third kappa shape index (κ3) is 2.74. The van der Waals surface area contributed by atoms with Gasteiger partial charge in [-0.25, -0.2) is 0 Å². The number of aliphatic hydroxyl groups is 1. The molecule has 1 aromatic rings. The Hall–Kier alpha value is -1.33. The van der Waals surface area contributed by atoms with Crippen molar-refractivity contribution in [3.63, 3.8) is 0 Å². The quantitative estimate of drug-likeness (QED) is 0.847. The minimum atomic E-state index is -0.138. The van der Waals surface area contributed by atoms with Gasteiger partial charge >= 0.3 is 0 Å². The minimum absolute atomic E-state index is 0.0358. The van der Waals surface area contributed by atoms with Crippen molar-refractivity contribution in [2.75, 3.05) is 18.1 Å². The molecule has 0 fully saturated rings. The molecule has 108 valence electrons. The maximum atomic E-state index is 12.3. The first-order valence-electron chi connectivity index (χ1n) is 6.88. The lowest BCUT2D eigenvalue weighted by Gasteiger charge is -2.33. The predicted octanol–water partition coefficient (Wildman–Crippen LogP) is 2.49. The van der Waals surface area contributed by atoms with Gasteiger partial charge in [0.2, 0.25) is 5.91 Å². The summed E-state index contributed by atoms with van der Waals surface area (Å²) < 4.78 is 0. The molecule has 1 heterocycles. The number of benzene rings is 1. The number of carbonyl (C=O) groups is 2. The van der Waals surface area contributed by atoms with Gasteiger partial charge in [0.1, 0.15) is 0 Å². The van der Waals surface area contributed by atoms with Crippen LogP contribution < -0.4 is 4.90 Å². The molecule has 2 rings (SSSR count). The number of thioether (sulfide) groups is 1. The molecule has 0 aliphatic carbocycles. The van der Waals surface area contributed by atoms with Crippen LogP contribution in [0.4, 0.5) is 5.69 Å². The van der Waals surface area contributed by atoms with Crippen molar-refractivity contribution in [1.82, 2.24) is 0 Å². The number of ketones is 1. The second-order valence-electron chi connectivity index (χ2n) is 4.69. The van der Waals surface area contributed by atoms with Crippen molar-refractivity contribution in [1.29, 1.82) is 0 Å². The Morgan fingerprint density at radius 1 is 1.40 bits per heavy atom. The summed E-state index contributed by atoms with van der Waals surface area (Å²) in [6.45, 7) is 4.04.